The van der Waals surface area contributed by atoms with E-state index in [9.17, 15) is 0 Å². The normalized spacial score (nSPS) is 9.00. The molecule has 0 spiro atoms. The Morgan fingerprint density at radius 2 is 1.00 bits per heavy atom. The van der Waals surface area contributed by atoms with Gasteiger partial charge >= 0.3 is 42.2 Å². The van der Waals surface area contributed by atoms with E-state index < -0.39 is 13.5 Å². The summed E-state index contributed by atoms with van der Waals surface area (Å²) in [5.41, 5.74) is 0. The molecule has 0 bridgehead atoms. The zero-order valence-corrected chi connectivity index (χ0v) is 8.72. The number of rotatable bonds is 0. The SMILES string of the molecule is [Cl][Ir]([Cl])[Cl].[Pt]. The molecule has 5 heteroatoms. The van der Waals surface area contributed by atoms with Crippen LogP contribution in [0.25, 0.3) is 0 Å². The van der Waals surface area contributed by atoms with Crippen LogP contribution in [-0.2, 0) is 34.5 Å². The van der Waals surface area contributed by atoms with Crippen molar-refractivity contribution >= 4 is 28.8 Å². The minimum atomic E-state index is -1.92. The van der Waals surface area contributed by atoms with Crippen LogP contribution >= 0.6 is 28.8 Å². The molecule has 0 aliphatic carbocycles. The zero-order valence-electron chi connectivity index (χ0n) is 1.78. The fourth-order valence-electron chi connectivity index (χ4n) is 0. The van der Waals surface area contributed by atoms with Crippen molar-refractivity contribution in [2.24, 2.45) is 0 Å². The van der Waals surface area contributed by atoms with Crippen LogP contribution in [-0.4, -0.2) is 0 Å². The molecule has 0 amide bonds. The largest absolute Gasteiger partial charge is 0 e. The molecule has 0 atom stereocenters. The first-order valence-electron chi connectivity index (χ1n) is 0.378. The first-order chi connectivity index (χ1) is 1.73. The Bertz CT molecular complexity index is 11.6. The predicted molar refractivity (Wildman–Crippen MR) is 17.6 cm³/mol. The molecule has 0 rings (SSSR count). The Labute approximate surface area is 62.6 Å². The van der Waals surface area contributed by atoms with Crippen molar-refractivity contribution in [2.45, 2.75) is 0 Å². The standard InChI is InChI=1S/3ClH.Ir.Pt/h3*1H;;/q;;;+3;/p-3. The Morgan fingerprint density at radius 1 is 1.00 bits per heavy atom. The summed E-state index contributed by atoms with van der Waals surface area (Å²) in [5, 5.41) is 0. The van der Waals surface area contributed by atoms with Crippen molar-refractivity contribution in [1.29, 1.82) is 0 Å². The summed E-state index contributed by atoms with van der Waals surface area (Å²) in [5.74, 6) is 0. The Morgan fingerprint density at radius 3 is 1.00 bits per heavy atom. The van der Waals surface area contributed by atoms with E-state index in [-0.39, 0.29) is 21.1 Å². The predicted octanol–water partition coefficient (Wildman–Crippen LogP) is 2.06. The van der Waals surface area contributed by atoms with Gasteiger partial charge in [-0.05, 0) is 0 Å². The molecule has 0 unspecified atom stereocenters. The van der Waals surface area contributed by atoms with E-state index in [4.69, 9.17) is 28.8 Å². The second-order valence-electron chi connectivity index (χ2n) is 0.143. The van der Waals surface area contributed by atoms with E-state index >= 15 is 0 Å². The molecule has 0 aliphatic rings. The van der Waals surface area contributed by atoms with Gasteiger partial charge < -0.3 is 0 Å². The van der Waals surface area contributed by atoms with Crippen LogP contribution in [0.3, 0.4) is 0 Å². The third-order valence-electron chi connectivity index (χ3n) is 0. The topological polar surface area (TPSA) is 0 Å². The Balaban J connectivity index is 0. The van der Waals surface area contributed by atoms with E-state index in [0.29, 0.717) is 0 Å². The second-order valence-corrected chi connectivity index (χ2v) is 10.5. The molecule has 0 radical (unpaired) electrons. The van der Waals surface area contributed by atoms with Gasteiger partial charge in [0.05, 0.1) is 0 Å². The average Bonchev–Trinajstić information content (AvgIpc) is 0.811. The van der Waals surface area contributed by atoms with E-state index in [0.717, 1.165) is 0 Å². The molecular formula is Cl3IrPt. The molecule has 0 N–H and O–H groups in total. The zero-order chi connectivity index (χ0) is 3.58. The van der Waals surface area contributed by atoms with Crippen molar-refractivity contribution in [3.8, 4) is 0 Å². The maximum atomic E-state index is 4.97. The molecule has 0 nitrogen and oxygen atoms in total. The third kappa shape index (κ3) is 22.5. The van der Waals surface area contributed by atoms with E-state index in [1.54, 1.807) is 0 Å². The fourth-order valence-corrected chi connectivity index (χ4v) is 0. The van der Waals surface area contributed by atoms with Crippen LogP contribution < -0.4 is 0 Å². The van der Waals surface area contributed by atoms with Crippen molar-refractivity contribution in [3.63, 3.8) is 0 Å². The summed E-state index contributed by atoms with van der Waals surface area (Å²) in [6, 6.07) is 0. The van der Waals surface area contributed by atoms with Gasteiger partial charge in [0.25, 0.3) is 0 Å². The van der Waals surface area contributed by atoms with Crippen molar-refractivity contribution in [2.75, 3.05) is 0 Å². The van der Waals surface area contributed by atoms with E-state index in [1.807, 2.05) is 0 Å². The molecule has 0 saturated heterocycles. The molecule has 0 aliphatic heterocycles. The molecular weight excluding hydrogens is 494 g/mol. The van der Waals surface area contributed by atoms with Crippen LogP contribution in [0, 0.1) is 0 Å². The first-order valence-corrected chi connectivity index (χ1v) is 9.28. The first kappa shape index (κ1) is 10.2. The Kier molecular flexibility index (Phi) is 12.7. The maximum absolute atomic E-state index is 4.97. The summed E-state index contributed by atoms with van der Waals surface area (Å²) in [6.07, 6.45) is 0. The van der Waals surface area contributed by atoms with Gasteiger partial charge in [0.1, 0.15) is 0 Å². The van der Waals surface area contributed by atoms with Gasteiger partial charge in [0.2, 0.25) is 0 Å². The van der Waals surface area contributed by atoms with Crippen LogP contribution in [0.1, 0.15) is 0 Å². The third-order valence-corrected chi connectivity index (χ3v) is 0. The van der Waals surface area contributed by atoms with Gasteiger partial charge in [-0.1, -0.05) is 0 Å². The van der Waals surface area contributed by atoms with Crippen molar-refractivity contribution in [1.82, 2.24) is 0 Å². The number of hydrogen-bond donors (Lipinski definition) is 0. The van der Waals surface area contributed by atoms with Gasteiger partial charge in [-0.2, -0.15) is 0 Å². The number of halogens is 3. The minimum absolute atomic E-state index is 0. The summed E-state index contributed by atoms with van der Waals surface area (Å²) in [6.45, 7) is 0. The quantitative estimate of drug-likeness (QED) is 0.485. The molecule has 0 aromatic heterocycles. The Hall–Kier alpha value is 2.21. The summed E-state index contributed by atoms with van der Waals surface area (Å²) in [7, 11) is 14.9. The van der Waals surface area contributed by atoms with Crippen molar-refractivity contribution in [3.05, 3.63) is 0 Å². The van der Waals surface area contributed by atoms with Gasteiger partial charge in [-0.15, -0.1) is 0 Å². The summed E-state index contributed by atoms with van der Waals surface area (Å²) >= 11 is -1.92. The maximum Gasteiger partial charge on any atom is 0 e. The van der Waals surface area contributed by atoms with Crippen LogP contribution in [0.5, 0.6) is 0 Å². The van der Waals surface area contributed by atoms with E-state index in [1.165, 1.54) is 0 Å². The molecule has 40 valence electrons. The molecule has 0 fully saturated rings. The molecule has 0 heterocycles. The molecule has 0 aromatic carbocycles. The van der Waals surface area contributed by atoms with Gasteiger partial charge in [-0.3, -0.25) is 0 Å². The van der Waals surface area contributed by atoms with Crippen molar-refractivity contribution < 1.29 is 34.5 Å². The van der Waals surface area contributed by atoms with Gasteiger partial charge in [0.15, 0.2) is 0 Å². The van der Waals surface area contributed by atoms with Gasteiger partial charge in [0, 0.05) is 21.1 Å². The monoisotopic (exact) mass is 493 g/mol. The fraction of sp³-hybridized carbons (Fsp3) is 0. The minimum Gasteiger partial charge on any atom is 0 e. The smallest absolute Gasteiger partial charge is 0 e. The van der Waals surface area contributed by atoms with Crippen LogP contribution in [0.4, 0.5) is 0 Å². The van der Waals surface area contributed by atoms with Crippen LogP contribution in [0.2, 0.25) is 0 Å². The van der Waals surface area contributed by atoms with Gasteiger partial charge in [-0.25, -0.2) is 0 Å². The molecule has 5 heavy (non-hydrogen) atoms. The number of hydrogen-bond acceptors (Lipinski definition) is 0. The summed E-state index contributed by atoms with van der Waals surface area (Å²) < 4.78 is 0. The van der Waals surface area contributed by atoms with Crippen LogP contribution in [0.15, 0.2) is 0 Å². The second kappa shape index (κ2) is 6.21. The molecule has 0 saturated carbocycles. The average molecular weight is 494 g/mol. The summed E-state index contributed by atoms with van der Waals surface area (Å²) in [4.78, 5) is 0. The van der Waals surface area contributed by atoms with E-state index in [2.05, 4.69) is 0 Å². The molecule has 0 aromatic rings.